The maximum Gasteiger partial charge on any atom is 0.412 e. The lowest BCUT2D eigenvalue weighted by Gasteiger charge is -2.19. The summed E-state index contributed by atoms with van der Waals surface area (Å²) in [5.74, 6) is 0.321. The van der Waals surface area contributed by atoms with Gasteiger partial charge in [0.2, 0.25) is 5.91 Å². The highest BCUT2D eigenvalue weighted by Gasteiger charge is 2.16. The molecular weight excluding hydrogens is 356 g/mol. The van der Waals surface area contributed by atoms with Crippen LogP contribution in [0.15, 0.2) is 65.1 Å². The lowest BCUT2D eigenvalue weighted by Crippen LogP contribution is -2.27. The van der Waals surface area contributed by atoms with Crippen LogP contribution in [0.3, 0.4) is 0 Å². The van der Waals surface area contributed by atoms with Crippen LogP contribution in [0.1, 0.15) is 26.5 Å². The van der Waals surface area contributed by atoms with Crippen LogP contribution in [0.2, 0.25) is 0 Å². The van der Waals surface area contributed by atoms with Crippen LogP contribution in [-0.4, -0.2) is 17.6 Å². The van der Waals surface area contributed by atoms with E-state index in [1.54, 1.807) is 51.1 Å². The zero-order valence-electron chi connectivity index (χ0n) is 16.0. The van der Waals surface area contributed by atoms with Crippen molar-refractivity contribution >= 4 is 40.4 Å². The number of fused-ring (bicyclic) bond motifs is 1. The molecule has 28 heavy (non-hydrogen) atoms. The van der Waals surface area contributed by atoms with E-state index in [2.05, 4.69) is 10.6 Å². The zero-order valence-corrected chi connectivity index (χ0v) is 16.0. The minimum atomic E-state index is -0.565. The molecule has 6 nitrogen and oxygen atoms in total. The molecule has 0 bridgehead atoms. The van der Waals surface area contributed by atoms with Gasteiger partial charge in [-0.25, -0.2) is 4.79 Å². The normalized spacial score (nSPS) is 11.5. The Labute approximate surface area is 163 Å². The molecule has 3 aromatic rings. The number of nitrogens with one attached hydrogen (secondary N) is 2. The monoisotopic (exact) mass is 378 g/mol. The number of para-hydroxylation sites is 1. The number of rotatable bonds is 4. The van der Waals surface area contributed by atoms with Crippen molar-refractivity contribution in [2.45, 2.75) is 26.4 Å². The van der Waals surface area contributed by atoms with Gasteiger partial charge in [0.05, 0.1) is 0 Å². The van der Waals surface area contributed by atoms with Crippen LogP contribution in [0.4, 0.5) is 16.2 Å². The minimum Gasteiger partial charge on any atom is -0.457 e. The first-order valence-corrected chi connectivity index (χ1v) is 8.86. The number of benzene rings is 2. The van der Waals surface area contributed by atoms with Crippen molar-refractivity contribution in [1.29, 1.82) is 0 Å². The summed E-state index contributed by atoms with van der Waals surface area (Å²) in [5, 5.41) is 6.37. The zero-order chi connectivity index (χ0) is 20.1. The number of hydrogen-bond donors (Lipinski definition) is 2. The van der Waals surface area contributed by atoms with Gasteiger partial charge in [-0.05, 0) is 63.2 Å². The summed E-state index contributed by atoms with van der Waals surface area (Å²) in [6.07, 6.45) is 2.50. The number of carbonyl (C=O) groups is 2. The predicted molar refractivity (Wildman–Crippen MR) is 110 cm³/mol. The van der Waals surface area contributed by atoms with Gasteiger partial charge in [0.25, 0.3) is 0 Å². The Kier molecular flexibility index (Phi) is 5.49. The molecule has 0 atom stereocenters. The van der Waals surface area contributed by atoms with Crippen molar-refractivity contribution in [1.82, 2.24) is 0 Å². The van der Waals surface area contributed by atoms with Gasteiger partial charge >= 0.3 is 6.09 Å². The average molecular weight is 378 g/mol. The molecule has 0 unspecified atom stereocenters. The third kappa shape index (κ3) is 5.48. The number of anilines is 2. The van der Waals surface area contributed by atoms with Gasteiger partial charge in [-0.15, -0.1) is 0 Å². The minimum absolute atomic E-state index is 0.284. The largest absolute Gasteiger partial charge is 0.457 e. The second-order valence-corrected chi connectivity index (χ2v) is 7.21. The first-order valence-electron chi connectivity index (χ1n) is 8.86. The molecule has 2 amide bonds. The van der Waals surface area contributed by atoms with Gasteiger partial charge in [-0.1, -0.05) is 18.2 Å². The average Bonchev–Trinajstić information content (AvgIpc) is 3.03. The van der Waals surface area contributed by atoms with E-state index in [-0.39, 0.29) is 5.91 Å². The molecule has 0 saturated carbocycles. The van der Waals surface area contributed by atoms with Gasteiger partial charge in [0.1, 0.15) is 16.9 Å². The lowest BCUT2D eigenvalue weighted by atomic mass is 10.2. The second kappa shape index (κ2) is 8.00. The molecule has 2 N–H and O–H groups in total. The van der Waals surface area contributed by atoms with E-state index in [0.717, 1.165) is 11.0 Å². The Bertz CT molecular complexity index is 978. The van der Waals surface area contributed by atoms with Gasteiger partial charge in [-0.2, -0.15) is 0 Å². The predicted octanol–water partition coefficient (Wildman–Crippen LogP) is 5.43. The van der Waals surface area contributed by atoms with Crippen molar-refractivity contribution in [2.75, 3.05) is 10.6 Å². The smallest absolute Gasteiger partial charge is 0.412 e. The van der Waals surface area contributed by atoms with Gasteiger partial charge < -0.3 is 14.5 Å². The van der Waals surface area contributed by atoms with Crippen LogP contribution >= 0.6 is 0 Å². The fraction of sp³-hybridized carbons (Fsp3) is 0.182. The van der Waals surface area contributed by atoms with E-state index in [4.69, 9.17) is 9.15 Å². The Morgan fingerprint density at radius 2 is 1.61 bits per heavy atom. The molecule has 3 rings (SSSR count). The summed E-state index contributed by atoms with van der Waals surface area (Å²) in [7, 11) is 0. The molecule has 0 aliphatic heterocycles. The molecule has 0 saturated heterocycles. The van der Waals surface area contributed by atoms with E-state index in [9.17, 15) is 9.59 Å². The summed E-state index contributed by atoms with van der Waals surface area (Å²) in [6.45, 7) is 5.39. The van der Waals surface area contributed by atoms with Crippen molar-refractivity contribution in [3.8, 4) is 0 Å². The topological polar surface area (TPSA) is 80.6 Å². The first kappa shape index (κ1) is 19.2. The summed E-state index contributed by atoms with van der Waals surface area (Å²) < 4.78 is 10.8. The molecule has 2 aromatic carbocycles. The molecule has 0 spiro atoms. The molecule has 0 fully saturated rings. The SMILES string of the molecule is CC(C)(C)OC(=O)Nc1ccc(NC(=O)C=Cc2cc3ccccc3o2)cc1. The third-order valence-corrected chi connectivity index (χ3v) is 3.64. The third-order valence-electron chi connectivity index (χ3n) is 3.64. The fourth-order valence-corrected chi connectivity index (χ4v) is 2.48. The lowest BCUT2D eigenvalue weighted by molar-refractivity contribution is -0.111. The van der Waals surface area contributed by atoms with Crippen LogP contribution in [0, 0.1) is 0 Å². The molecule has 1 aromatic heterocycles. The van der Waals surface area contributed by atoms with Crippen molar-refractivity contribution < 1.29 is 18.7 Å². The fourth-order valence-electron chi connectivity index (χ4n) is 2.48. The van der Waals surface area contributed by atoms with Crippen LogP contribution in [-0.2, 0) is 9.53 Å². The molecule has 1 heterocycles. The number of hydrogen-bond acceptors (Lipinski definition) is 4. The second-order valence-electron chi connectivity index (χ2n) is 7.21. The summed E-state index contributed by atoms with van der Waals surface area (Å²) in [6, 6.07) is 16.3. The summed E-state index contributed by atoms with van der Waals surface area (Å²) >= 11 is 0. The highest BCUT2D eigenvalue weighted by Crippen LogP contribution is 2.20. The van der Waals surface area contributed by atoms with Gasteiger partial charge in [0, 0.05) is 22.8 Å². The summed E-state index contributed by atoms with van der Waals surface area (Å²) in [4.78, 5) is 23.8. The van der Waals surface area contributed by atoms with Crippen molar-refractivity contribution in [3.63, 3.8) is 0 Å². The Morgan fingerprint density at radius 1 is 0.964 bits per heavy atom. The number of amides is 2. The van der Waals surface area contributed by atoms with Crippen molar-refractivity contribution in [3.05, 3.63) is 66.4 Å². The van der Waals surface area contributed by atoms with Crippen LogP contribution in [0.5, 0.6) is 0 Å². The standard InChI is InChI=1S/C22H22N2O4/c1-22(2,3)28-21(26)24-17-10-8-16(9-11-17)23-20(25)13-12-18-14-15-6-4-5-7-19(15)27-18/h4-14H,1-3H3,(H,23,25)(H,24,26). The van der Waals surface area contributed by atoms with E-state index >= 15 is 0 Å². The van der Waals surface area contributed by atoms with E-state index in [0.29, 0.717) is 17.1 Å². The summed E-state index contributed by atoms with van der Waals surface area (Å²) in [5.41, 5.74) is 1.39. The highest BCUT2D eigenvalue weighted by molar-refractivity contribution is 6.02. The van der Waals surface area contributed by atoms with E-state index in [1.807, 2.05) is 30.3 Å². The maximum absolute atomic E-state index is 12.1. The Hall–Kier alpha value is -3.54. The highest BCUT2D eigenvalue weighted by atomic mass is 16.6. The van der Waals surface area contributed by atoms with Crippen molar-refractivity contribution in [2.24, 2.45) is 0 Å². The molecule has 0 aliphatic carbocycles. The van der Waals surface area contributed by atoms with E-state index < -0.39 is 11.7 Å². The van der Waals surface area contributed by atoms with Gasteiger partial charge in [-0.3, -0.25) is 10.1 Å². The first-order chi connectivity index (χ1) is 13.3. The quantitative estimate of drug-likeness (QED) is 0.593. The Morgan fingerprint density at radius 3 is 2.25 bits per heavy atom. The molecule has 0 aliphatic rings. The van der Waals surface area contributed by atoms with E-state index in [1.165, 1.54) is 6.08 Å². The number of carbonyl (C=O) groups excluding carboxylic acids is 2. The number of furan rings is 1. The molecule has 0 radical (unpaired) electrons. The van der Waals surface area contributed by atoms with Crippen LogP contribution < -0.4 is 10.6 Å². The molecule has 6 heteroatoms. The Balaban J connectivity index is 1.56. The maximum atomic E-state index is 12.1. The molecular formula is C22H22N2O4. The van der Waals surface area contributed by atoms with Crippen LogP contribution in [0.25, 0.3) is 17.0 Å². The number of ether oxygens (including phenoxy) is 1. The van der Waals surface area contributed by atoms with Gasteiger partial charge in [0.15, 0.2) is 0 Å². The molecule has 144 valence electrons.